The standard InChI is InChI=1S/C14H14FNO3/c1-18-11-4-9(8-17)3-10(5-11)12-6-14(19-2)16-7-13(12)15/h3-7,17H,8H2,1-2H3. The maximum atomic E-state index is 13.8. The van der Waals surface area contributed by atoms with E-state index < -0.39 is 5.82 Å². The number of pyridine rings is 1. The van der Waals surface area contributed by atoms with Crippen LogP contribution in [-0.4, -0.2) is 24.3 Å². The van der Waals surface area contributed by atoms with Gasteiger partial charge in [0.15, 0.2) is 0 Å². The van der Waals surface area contributed by atoms with Crippen LogP contribution in [0.5, 0.6) is 11.6 Å². The summed E-state index contributed by atoms with van der Waals surface area (Å²) in [4.78, 5) is 3.79. The van der Waals surface area contributed by atoms with Gasteiger partial charge in [-0.15, -0.1) is 0 Å². The van der Waals surface area contributed by atoms with E-state index in [1.807, 2.05) is 0 Å². The third-order valence-electron chi connectivity index (χ3n) is 2.73. The van der Waals surface area contributed by atoms with Gasteiger partial charge in [-0.2, -0.15) is 0 Å². The zero-order valence-electron chi connectivity index (χ0n) is 10.7. The van der Waals surface area contributed by atoms with Gasteiger partial charge in [0.25, 0.3) is 0 Å². The first-order valence-electron chi connectivity index (χ1n) is 5.66. The van der Waals surface area contributed by atoms with Gasteiger partial charge in [-0.25, -0.2) is 9.37 Å². The Morgan fingerprint density at radius 1 is 1.16 bits per heavy atom. The fraction of sp³-hybridized carbons (Fsp3) is 0.214. The lowest BCUT2D eigenvalue weighted by atomic mass is 10.0. The Morgan fingerprint density at radius 2 is 1.95 bits per heavy atom. The number of hydrogen-bond donors (Lipinski definition) is 1. The molecule has 0 atom stereocenters. The van der Waals surface area contributed by atoms with Crippen molar-refractivity contribution in [3.05, 3.63) is 41.8 Å². The highest BCUT2D eigenvalue weighted by molar-refractivity contribution is 5.67. The van der Waals surface area contributed by atoms with Gasteiger partial charge in [-0.3, -0.25) is 0 Å². The van der Waals surface area contributed by atoms with Crippen molar-refractivity contribution in [2.45, 2.75) is 6.61 Å². The van der Waals surface area contributed by atoms with E-state index in [4.69, 9.17) is 9.47 Å². The largest absolute Gasteiger partial charge is 0.497 e. The van der Waals surface area contributed by atoms with Crippen LogP contribution >= 0.6 is 0 Å². The lowest BCUT2D eigenvalue weighted by Crippen LogP contribution is -1.94. The summed E-state index contributed by atoms with van der Waals surface area (Å²) in [6.45, 7) is -0.145. The average molecular weight is 263 g/mol. The van der Waals surface area contributed by atoms with Gasteiger partial charge in [0.05, 0.1) is 27.0 Å². The minimum atomic E-state index is -0.460. The van der Waals surface area contributed by atoms with Crippen LogP contribution < -0.4 is 9.47 Å². The molecular formula is C14H14FNO3. The Kier molecular flexibility index (Phi) is 3.97. The van der Waals surface area contributed by atoms with Crippen LogP contribution in [0.15, 0.2) is 30.5 Å². The van der Waals surface area contributed by atoms with E-state index in [-0.39, 0.29) is 6.61 Å². The number of nitrogens with zero attached hydrogens (tertiary/aromatic N) is 1. The van der Waals surface area contributed by atoms with Crippen molar-refractivity contribution in [3.8, 4) is 22.8 Å². The number of ether oxygens (including phenoxy) is 2. The second kappa shape index (κ2) is 5.67. The topological polar surface area (TPSA) is 51.6 Å². The highest BCUT2D eigenvalue weighted by atomic mass is 19.1. The van der Waals surface area contributed by atoms with Gasteiger partial charge in [0, 0.05) is 11.6 Å². The van der Waals surface area contributed by atoms with Gasteiger partial charge in [0.1, 0.15) is 11.6 Å². The van der Waals surface area contributed by atoms with Crippen LogP contribution in [0.2, 0.25) is 0 Å². The lowest BCUT2D eigenvalue weighted by Gasteiger charge is -2.09. The van der Waals surface area contributed by atoms with Crippen molar-refractivity contribution in [3.63, 3.8) is 0 Å². The quantitative estimate of drug-likeness (QED) is 0.920. The number of methoxy groups -OCH3 is 2. The molecule has 0 unspecified atom stereocenters. The fourth-order valence-electron chi connectivity index (χ4n) is 1.78. The molecule has 0 saturated carbocycles. The first-order valence-corrected chi connectivity index (χ1v) is 5.66. The number of aliphatic hydroxyl groups is 1. The molecule has 1 aromatic heterocycles. The molecule has 1 N–H and O–H groups in total. The Bertz CT molecular complexity index is 565. The molecule has 2 aromatic rings. The molecule has 1 aromatic carbocycles. The van der Waals surface area contributed by atoms with Crippen LogP contribution in [0.25, 0.3) is 11.1 Å². The van der Waals surface area contributed by atoms with E-state index in [0.717, 1.165) is 6.20 Å². The summed E-state index contributed by atoms with van der Waals surface area (Å²) >= 11 is 0. The Balaban J connectivity index is 2.57. The summed E-state index contributed by atoms with van der Waals surface area (Å²) in [5.74, 6) is 0.416. The molecule has 0 fully saturated rings. The highest BCUT2D eigenvalue weighted by Crippen LogP contribution is 2.29. The van der Waals surface area contributed by atoms with Crippen molar-refractivity contribution in [2.75, 3.05) is 14.2 Å². The SMILES string of the molecule is COc1cc(CO)cc(-c2cc(OC)ncc2F)c1. The number of halogens is 1. The van der Waals surface area contributed by atoms with Gasteiger partial charge in [-0.1, -0.05) is 0 Å². The zero-order valence-corrected chi connectivity index (χ0v) is 10.7. The number of benzene rings is 1. The maximum absolute atomic E-state index is 13.8. The molecular weight excluding hydrogens is 249 g/mol. The summed E-state index contributed by atoms with van der Waals surface area (Å²) in [7, 11) is 2.98. The van der Waals surface area contributed by atoms with Crippen molar-refractivity contribution >= 4 is 0 Å². The number of aromatic nitrogens is 1. The van der Waals surface area contributed by atoms with Crippen molar-refractivity contribution in [1.82, 2.24) is 4.98 Å². The number of rotatable bonds is 4. The molecule has 100 valence electrons. The van der Waals surface area contributed by atoms with E-state index in [2.05, 4.69) is 4.98 Å². The second-order valence-corrected chi connectivity index (χ2v) is 3.93. The van der Waals surface area contributed by atoms with Gasteiger partial charge in [0.2, 0.25) is 5.88 Å². The predicted octanol–water partition coefficient (Wildman–Crippen LogP) is 2.40. The molecule has 1 heterocycles. The molecule has 19 heavy (non-hydrogen) atoms. The molecule has 4 nitrogen and oxygen atoms in total. The smallest absolute Gasteiger partial charge is 0.213 e. The van der Waals surface area contributed by atoms with Crippen molar-refractivity contribution in [1.29, 1.82) is 0 Å². The van der Waals surface area contributed by atoms with E-state index in [0.29, 0.717) is 28.3 Å². The highest BCUT2D eigenvalue weighted by Gasteiger charge is 2.10. The third-order valence-corrected chi connectivity index (χ3v) is 2.73. The normalized spacial score (nSPS) is 10.3. The number of aliphatic hydroxyl groups excluding tert-OH is 1. The molecule has 0 saturated heterocycles. The van der Waals surface area contributed by atoms with E-state index >= 15 is 0 Å². The minimum absolute atomic E-state index is 0.145. The van der Waals surface area contributed by atoms with Crippen LogP contribution in [0.3, 0.4) is 0 Å². The molecule has 0 spiro atoms. The van der Waals surface area contributed by atoms with Crippen molar-refractivity contribution in [2.24, 2.45) is 0 Å². The third kappa shape index (κ3) is 2.82. The van der Waals surface area contributed by atoms with E-state index in [1.165, 1.54) is 20.3 Å². The summed E-state index contributed by atoms with van der Waals surface area (Å²) in [6.07, 6.45) is 1.10. The molecule has 0 bridgehead atoms. The molecule has 0 amide bonds. The van der Waals surface area contributed by atoms with Crippen LogP contribution in [-0.2, 0) is 6.61 Å². The Morgan fingerprint density at radius 3 is 2.58 bits per heavy atom. The number of hydrogen-bond acceptors (Lipinski definition) is 4. The Hall–Kier alpha value is -2.14. The first kappa shape index (κ1) is 13.3. The van der Waals surface area contributed by atoms with E-state index in [1.54, 1.807) is 18.2 Å². The summed E-state index contributed by atoms with van der Waals surface area (Å²) < 4.78 is 24.0. The average Bonchev–Trinajstić information content (AvgIpc) is 2.47. The summed E-state index contributed by atoms with van der Waals surface area (Å²) in [6, 6.07) is 6.59. The van der Waals surface area contributed by atoms with Gasteiger partial charge in [-0.05, 0) is 29.3 Å². The molecule has 0 aliphatic rings. The summed E-state index contributed by atoms with van der Waals surface area (Å²) in [5.41, 5.74) is 1.59. The predicted molar refractivity (Wildman–Crippen MR) is 68.7 cm³/mol. The molecule has 2 rings (SSSR count). The monoisotopic (exact) mass is 263 g/mol. The molecule has 0 radical (unpaired) electrons. The van der Waals surface area contributed by atoms with Gasteiger partial charge >= 0.3 is 0 Å². The van der Waals surface area contributed by atoms with E-state index in [9.17, 15) is 9.50 Å². The Labute approximate surface area is 110 Å². The summed E-state index contributed by atoms with van der Waals surface area (Å²) in [5, 5.41) is 9.21. The fourth-order valence-corrected chi connectivity index (χ4v) is 1.78. The van der Waals surface area contributed by atoms with Gasteiger partial charge < -0.3 is 14.6 Å². The van der Waals surface area contributed by atoms with Crippen molar-refractivity contribution < 1.29 is 19.0 Å². The lowest BCUT2D eigenvalue weighted by molar-refractivity contribution is 0.281. The van der Waals surface area contributed by atoms with Crippen LogP contribution in [0.1, 0.15) is 5.56 Å². The zero-order chi connectivity index (χ0) is 13.8. The molecule has 5 heteroatoms. The van der Waals surface area contributed by atoms with Crippen LogP contribution in [0, 0.1) is 5.82 Å². The molecule has 0 aliphatic carbocycles. The van der Waals surface area contributed by atoms with Crippen LogP contribution in [0.4, 0.5) is 4.39 Å². The minimum Gasteiger partial charge on any atom is -0.497 e. The maximum Gasteiger partial charge on any atom is 0.213 e. The first-order chi connectivity index (χ1) is 9.17. The second-order valence-electron chi connectivity index (χ2n) is 3.93. The molecule has 0 aliphatic heterocycles.